The fraction of sp³-hybridized carbons (Fsp3) is 0.333. The molecule has 0 amide bonds. The summed E-state index contributed by atoms with van der Waals surface area (Å²) < 4.78 is 39.8. The van der Waals surface area contributed by atoms with Crippen LogP contribution in [0.5, 0.6) is 0 Å². The molecule has 4 rings (SSSR count). The van der Waals surface area contributed by atoms with Gasteiger partial charge in [0.1, 0.15) is 0 Å². The highest BCUT2D eigenvalue weighted by Crippen LogP contribution is 2.46. The Morgan fingerprint density at radius 3 is 2.52 bits per heavy atom. The lowest BCUT2D eigenvalue weighted by Gasteiger charge is -2.38. The molecule has 3 aromatic rings. The molecule has 0 spiro atoms. The Kier molecular flexibility index (Phi) is 5.81. The van der Waals surface area contributed by atoms with Crippen molar-refractivity contribution in [2.45, 2.75) is 46.2 Å². The highest BCUT2D eigenvalue weighted by molar-refractivity contribution is 6.06. The molecule has 0 saturated carbocycles. The summed E-state index contributed by atoms with van der Waals surface area (Å²) in [4.78, 5) is 17.2. The number of aromatic carboxylic acids is 1. The highest BCUT2D eigenvalue weighted by Gasteiger charge is 2.36. The minimum Gasteiger partial charge on any atom is -0.478 e. The molecule has 3 nitrogen and oxygen atoms in total. The first-order valence-corrected chi connectivity index (χ1v) is 11.0. The second-order valence-electron chi connectivity index (χ2n) is 9.38. The SMILES string of the molecule is CCC(C)(C)C1CC(=Cc2cccc(C(F)(F)F)c2)c2nc3ccccc3c(C(=O)O)c2C1. The number of rotatable bonds is 4. The van der Waals surface area contributed by atoms with E-state index in [2.05, 4.69) is 20.8 Å². The van der Waals surface area contributed by atoms with Gasteiger partial charge in [0.15, 0.2) is 0 Å². The number of pyridine rings is 1. The number of para-hydroxylation sites is 1. The average Bonchev–Trinajstić information content (AvgIpc) is 2.77. The molecule has 0 fully saturated rings. The quantitative estimate of drug-likeness (QED) is 0.445. The summed E-state index contributed by atoms with van der Waals surface area (Å²) in [5.41, 5.74) is 2.45. The number of carboxylic acid groups (broad SMARTS) is 1. The van der Waals surface area contributed by atoms with E-state index in [-0.39, 0.29) is 16.9 Å². The second kappa shape index (κ2) is 8.32. The number of allylic oxidation sites excluding steroid dienone is 1. The van der Waals surface area contributed by atoms with Crippen molar-refractivity contribution in [2.75, 3.05) is 0 Å². The molecule has 0 radical (unpaired) electrons. The Balaban J connectivity index is 1.97. The Morgan fingerprint density at radius 1 is 1.12 bits per heavy atom. The number of carbonyl (C=O) groups is 1. The van der Waals surface area contributed by atoms with Crippen LogP contribution in [0, 0.1) is 11.3 Å². The molecule has 1 unspecified atom stereocenters. The number of aromatic nitrogens is 1. The number of nitrogens with zero attached hydrogens (tertiary/aromatic N) is 1. The summed E-state index contributed by atoms with van der Waals surface area (Å²) in [6.45, 7) is 6.40. The minimum atomic E-state index is -4.43. The van der Waals surface area contributed by atoms with Gasteiger partial charge in [0.25, 0.3) is 0 Å². The van der Waals surface area contributed by atoms with Crippen molar-refractivity contribution in [2.24, 2.45) is 11.3 Å². The summed E-state index contributed by atoms with van der Waals surface area (Å²) in [5, 5.41) is 10.7. The zero-order valence-electron chi connectivity index (χ0n) is 18.8. The maximum Gasteiger partial charge on any atom is 0.416 e. The molecule has 0 aliphatic heterocycles. The lowest BCUT2D eigenvalue weighted by Crippen LogP contribution is -2.30. The van der Waals surface area contributed by atoms with Crippen molar-refractivity contribution in [3.8, 4) is 0 Å². The standard InChI is InChI=1S/C27H26F3NO2/c1-4-26(2,3)19-14-17(12-16-8-7-9-18(13-16)27(28,29)30)24-21(15-19)23(25(32)33)20-10-5-6-11-22(20)31-24/h5-13,19H,4,14-15H2,1-3H3,(H,32,33). The third-order valence-corrected chi connectivity index (χ3v) is 7.00. The topological polar surface area (TPSA) is 50.2 Å². The predicted molar refractivity (Wildman–Crippen MR) is 124 cm³/mol. The summed E-state index contributed by atoms with van der Waals surface area (Å²) in [7, 11) is 0. The van der Waals surface area contributed by atoms with E-state index in [0.717, 1.165) is 24.1 Å². The molecule has 1 aromatic heterocycles. The molecule has 33 heavy (non-hydrogen) atoms. The summed E-state index contributed by atoms with van der Waals surface area (Å²) >= 11 is 0. The Hall–Kier alpha value is -3.15. The summed E-state index contributed by atoms with van der Waals surface area (Å²) in [6.07, 6.45) is -0.618. The van der Waals surface area contributed by atoms with Crippen molar-refractivity contribution in [1.29, 1.82) is 0 Å². The molecule has 6 heteroatoms. The maximum atomic E-state index is 13.3. The number of hydrogen-bond acceptors (Lipinski definition) is 2. The van der Waals surface area contributed by atoms with Crippen molar-refractivity contribution < 1.29 is 23.1 Å². The van der Waals surface area contributed by atoms with Crippen LogP contribution >= 0.6 is 0 Å². The molecule has 1 N–H and O–H groups in total. The number of benzene rings is 2. The van der Waals surface area contributed by atoms with Crippen molar-refractivity contribution >= 4 is 28.5 Å². The summed E-state index contributed by atoms with van der Waals surface area (Å²) in [5.74, 6) is -0.883. The normalized spacial score (nSPS) is 17.9. The fourth-order valence-electron chi connectivity index (χ4n) is 4.62. The fourth-order valence-corrected chi connectivity index (χ4v) is 4.62. The van der Waals surface area contributed by atoms with Crippen LogP contribution in [0.4, 0.5) is 13.2 Å². The third-order valence-electron chi connectivity index (χ3n) is 7.00. The van der Waals surface area contributed by atoms with Crippen LogP contribution in [0.2, 0.25) is 0 Å². The van der Waals surface area contributed by atoms with Gasteiger partial charge in [-0.05, 0) is 65.1 Å². The molecule has 0 saturated heterocycles. The van der Waals surface area contributed by atoms with Crippen molar-refractivity contribution in [3.05, 3.63) is 76.5 Å². The molecule has 1 heterocycles. The lowest BCUT2D eigenvalue weighted by molar-refractivity contribution is -0.137. The Morgan fingerprint density at radius 2 is 1.85 bits per heavy atom. The molecular formula is C27H26F3NO2. The maximum absolute atomic E-state index is 13.3. The second-order valence-corrected chi connectivity index (χ2v) is 9.38. The van der Waals surface area contributed by atoms with Crippen molar-refractivity contribution in [1.82, 2.24) is 4.98 Å². The van der Waals surface area contributed by atoms with Crippen LogP contribution in [0.15, 0.2) is 48.5 Å². The van der Waals surface area contributed by atoms with Gasteiger partial charge in [-0.3, -0.25) is 0 Å². The third kappa shape index (κ3) is 4.39. The monoisotopic (exact) mass is 453 g/mol. The smallest absolute Gasteiger partial charge is 0.416 e. The molecule has 2 aromatic carbocycles. The van der Waals surface area contributed by atoms with E-state index in [1.165, 1.54) is 6.07 Å². The molecule has 1 aliphatic carbocycles. The van der Waals surface area contributed by atoms with E-state index in [0.29, 0.717) is 40.6 Å². The molecule has 1 aliphatic rings. The lowest BCUT2D eigenvalue weighted by atomic mass is 9.67. The minimum absolute atomic E-state index is 0.0774. The number of hydrogen-bond donors (Lipinski definition) is 1. The first-order valence-electron chi connectivity index (χ1n) is 11.0. The van der Waals surface area contributed by atoms with E-state index in [1.54, 1.807) is 36.4 Å². The van der Waals surface area contributed by atoms with Crippen LogP contribution in [0.3, 0.4) is 0 Å². The van der Waals surface area contributed by atoms with Crippen LogP contribution in [-0.4, -0.2) is 16.1 Å². The molecule has 0 bridgehead atoms. The number of halogens is 3. The zero-order chi connectivity index (χ0) is 24.0. The van der Waals surface area contributed by atoms with Crippen molar-refractivity contribution in [3.63, 3.8) is 0 Å². The number of carboxylic acids is 1. The number of fused-ring (bicyclic) bond motifs is 2. The average molecular weight is 454 g/mol. The van der Waals surface area contributed by atoms with Gasteiger partial charge in [0, 0.05) is 5.39 Å². The van der Waals surface area contributed by atoms with Crippen LogP contribution in [0.1, 0.15) is 66.4 Å². The van der Waals surface area contributed by atoms with Crippen LogP contribution < -0.4 is 0 Å². The van der Waals surface area contributed by atoms with E-state index in [1.807, 2.05) is 0 Å². The van der Waals surface area contributed by atoms with Gasteiger partial charge in [-0.2, -0.15) is 13.2 Å². The zero-order valence-corrected chi connectivity index (χ0v) is 18.8. The summed E-state index contributed by atoms with van der Waals surface area (Å²) in [6, 6.07) is 12.3. The predicted octanol–water partition coefficient (Wildman–Crippen LogP) is 7.49. The highest BCUT2D eigenvalue weighted by atomic mass is 19.4. The van der Waals surface area contributed by atoms with Gasteiger partial charge in [-0.15, -0.1) is 0 Å². The van der Waals surface area contributed by atoms with Gasteiger partial charge < -0.3 is 5.11 Å². The van der Waals surface area contributed by atoms with Gasteiger partial charge in [-0.25, -0.2) is 9.78 Å². The van der Waals surface area contributed by atoms with Crippen LogP contribution in [0.25, 0.3) is 22.6 Å². The largest absolute Gasteiger partial charge is 0.478 e. The first kappa shape index (κ1) is 23.0. The Labute approximate surface area is 191 Å². The van der Waals surface area contributed by atoms with Gasteiger partial charge >= 0.3 is 12.1 Å². The molecule has 172 valence electrons. The Bertz CT molecular complexity index is 1260. The van der Waals surface area contributed by atoms with E-state index < -0.39 is 17.7 Å². The molecular weight excluding hydrogens is 427 g/mol. The van der Waals surface area contributed by atoms with E-state index >= 15 is 0 Å². The van der Waals surface area contributed by atoms with Gasteiger partial charge in [0.05, 0.1) is 22.3 Å². The van der Waals surface area contributed by atoms with E-state index in [4.69, 9.17) is 4.98 Å². The first-order chi connectivity index (χ1) is 15.5. The van der Waals surface area contributed by atoms with E-state index in [9.17, 15) is 23.1 Å². The van der Waals surface area contributed by atoms with Crippen LogP contribution in [-0.2, 0) is 12.6 Å². The van der Waals surface area contributed by atoms with Gasteiger partial charge in [0.2, 0.25) is 0 Å². The van der Waals surface area contributed by atoms with Gasteiger partial charge in [-0.1, -0.05) is 57.5 Å². The number of alkyl halides is 3. The molecule has 1 atom stereocenters.